The third-order valence-corrected chi connectivity index (χ3v) is 6.01. The Morgan fingerprint density at radius 3 is 2.65 bits per heavy atom. The highest BCUT2D eigenvalue weighted by atomic mass is 32.1. The number of hydrogen-bond acceptors (Lipinski definition) is 5. The summed E-state index contributed by atoms with van der Waals surface area (Å²) in [5, 5.41) is 4.28. The molecule has 0 radical (unpaired) electrons. The van der Waals surface area contributed by atoms with Crippen molar-refractivity contribution in [2.75, 3.05) is 0 Å². The van der Waals surface area contributed by atoms with Gasteiger partial charge in [0.2, 0.25) is 0 Å². The zero-order valence-corrected chi connectivity index (χ0v) is 17.4. The molecule has 0 amide bonds. The number of hydrogen-bond donors (Lipinski definition) is 0. The van der Waals surface area contributed by atoms with Crippen molar-refractivity contribution in [2.45, 2.75) is 26.3 Å². The molecule has 0 saturated carbocycles. The number of Topliss-reactive ketones (excluding diaryl/α,β-unsaturated/α-hetero) is 1. The Bertz CT molecular complexity index is 1290. The number of benzene rings is 2. The number of rotatable bonds is 7. The smallest absolute Gasteiger partial charge is 0.293 e. The van der Waals surface area contributed by atoms with Crippen LogP contribution in [-0.2, 0) is 13.0 Å². The molecule has 0 spiro atoms. The topological polar surface area (TPSA) is 69.8 Å². The molecule has 0 unspecified atom stereocenters. The van der Waals surface area contributed by atoms with Crippen molar-refractivity contribution < 1.29 is 13.6 Å². The van der Waals surface area contributed by atoms with E-state index in [2.05, 4.69) is 10.1 Å². The van der Waals surface area contributed by atoms with Gasteiger partial charge in [-0.25, -0.2) is 27.8 Å². The highest BCUT2D eigenvalue weighted by Crippen LogP contribution is 2.23. The van der Waals surface area contributed by atoms with Gasteiger partial charge < -0.3 is 0 Å². The summed E-state index contributed by atoms with van der Waals surface area (Å²) in [6.07, 6.45) is 2.21. The van der Waals surface area contributed by atoms with Crippen molar-refractivity contribution in [3.63, 3.8) is 0 Å². The van der Waals surface area contributed by atoms with Crippen LogP contribution < -0.4 is 5.69 Å². The Morgan fingerprint density at radius 1 is 1.10 bits per heavy atom. The van der Waals surface area contributed by atoms with Gasteiger partial charge >= 0.3 is 5.69 Å². The van der Waals surface area contributed by atoms with Gasteiger partial charge in [0, 0.05) is 12.0 Å². The van der Waals surface area contributed by atoms with Crippen molar-refractivity contribution in [3.8, 4) is 5.13 Å². The van der Waals surface area contributed by atoms with Gasteiger partial charge in [-0.3, -0.25) is 4.79 Å². The predicted molar refractivity (Wildman–Crippen MR) is 113 cm³/mol. The minimum atomic E-state index is -1.01. The number of halogens is 2. The summed E-state index contributed by atoms with van der Waals surface area (Å²) in [7, 11) is 0. The number of carbonyl (C=O) groups is 1. The molecule has 0 aliphatic heterocycles. The molecule has 6 nitrogen and oxygen atoms in total. The number of nitrogens with zero attached hydrogens (tertiary/aromatic N) is 4. The Balaban J connectivity index is 1.54. The maximum atomic E-state index is 13.9. The molecule has 0 fully saturated rings. The Kier molecular flexibility index (Phi) is 5.85. The van der Waals surface area contributed by atoms with Gasteiger partial charge in [-0.2, -0.15) is 5.10 Å². The molecule has 0 saturated heterocycles. The minimum absolute atomic E-state index is 0.0134. The largest absolute Gasteiger partial charge is 0.352 e. The molecule has 2 aromatic heterocycles. The molecule has 0 aliphatic rings. The minimum Gasteiger partial charge on any atom is -0.293 e. The van der Waals surface area contributed by atoms with Gasteiger partial charge in [0.15, 0.2) is 22.5 Å². The SMILES string of the molecule is Cc1nc(-n2cnn(Cc3cccc(F)c3F)c2=O)sc1C(=O)CCc1ccccc1. The Hall–Kier alpha value is -3.46. The summed E-state index contributed by atoms with van der Waals surface area (Å²) in [5.41, 5.74) is 1.06. The molecule has 4 aromatic rings. The van der Waals surface area contributed by atoms with E-state index in [1.165, 1.54) is 23.0 Å². The van der Waals surface area contributed by atoms with Crippen LogP contribution in [-0.4, -0.2) is 25.1 Å². The van der Waals surface area contributed by atoms with E-state index < -0.39 is 17.3 Å². The summed E-state index contributed by atoms with van der Waals surface area (Å²) in [6, 6.07) is 13.5. The van der Waals surface area contributed by atoms with Gasteiger partial charge in [-0.05, 0) is 25.0 Å². The lowest BCUT2D eigenvalue weighted by Gasteiger charge is -2.02. The fraction of sp³-hybridized carbons (Fsp3) is 0.182. The van der Waals surface area contributed by atoms with Crippen molar-refractivity contribution in [3.05, 3.63) is 98.7 Å². The number of ketones is 1. The molecule has 158 valence electrons. The summed E-state index contributed by atoms with van der Waals surface area (Å²) >= 11 is 1.11. The van der Waals surface area contributed by atoms with Crippen LogP contribution >= 0.6 is 11.3 Å². The van der Waals surface area contributed by atoms with Gasteiger partial charge in [-0.1, -0.05) is 53.8 Å². The lowest BCUT2D eigenvalue weighted by molar-refractivity contribution is 0.0986. The van der Waals surface area contributed by atoms with Gasteiger partial charge in [0.1, 0.15) is 6.33 Å². The van der Waals surface area contributed by atoms with E-state index in [0.29, 0.717) is 28.5 Å². The molecular formula is C22H18F2N4O2S. The second-order valence-electron chi connectivity index (χ2n) is 6.97. The highest BCUT2D eigenvalue weighted by Gasteiger charge is 2.19. The van der Waals surface area contributed by atoms with Crippen LogP contribution in [0.25, 0.3) is 5.13 Å². The summed E-state index contributed by atoms with van der Waals surface area (Å²) in [4.78, 5) is 30.2. The average Bonchev–Trinajstić information content (AvgIpc) is 3.33. The molecule has 0 atom stereocenters. The summed E-state index contributed by atoms with van der Waals surface area (Å²) in [6.45, 7) is 1.50. The second kappa shape index (κ2) is 8.73. The number of carbonyl (C=O) groups excluding carboxylic acids is 1. The van der Waals surface area contributed by atoms with Gasteiger partial charge in [0.25, 0.3) is 0 Å². The first-order chi connectivity index (χ1) is 14.9. The Morgan fingerprint density at radius 2 is 1.87 bits per heavy atom. The number of thiazole rings is 1. The first kappa shape index (κ1) is 20.8. The standard InChI is InChI=1S/C22H18F2N4O2S/c1-14-20(18(29)11-10-15-6-3-2-4-7-15)31-21(26-14)27-13-25-28(22(27)30)12-16-8-5-9-17(23)19(16)24/h2-9,13H,10-12H2,1H3. The van der Waals surface area contributed by atoms with E-state index in [1.54, 1.807) is 6.92 Å². The molecule has 0 N–H and O–H groups in total. The van der Waals surface area contributed by atoms with Crippen molar-refractivity contribution in [2.24, 2.45) is 0 Å². The zero-order valence-electron chi connectivity index (χ0n) is 16.6. The van der Waals surface area contributed by atoms with Gasteiger partial charge in [0.05, 0.1) is 17.1 Å². The first-order valence-corrected chi connectivity index (χ1v) is 10.4. The fourth-order valence-electron chi connectivity index (χ4n) is 3.17. The molecular weight excluding hydrogens is 422 g/mol. The van der Waals surface area contributed by atoms with Crippen molar-refractivity contribution in [1.29, 1.82) is 0 Å². The third kappa shape index (κ3) is 4.36. The second-order valence-corrected chi connectivity index (χ2v) is 7.95. The lowest BCUT2D eigenvalue weighted by atomic mass is 10.1. The van der Waals surface area contributed by atoms with E-state index >= 15 is 0 Å². The average molecular weight is 440 g/mol. The van der Waals surface area contributed by atoms with Crippen LogP contribution in [0.4, 0.5) is 8.78 Å². The molecule has 0 bridgehead atoms. The molecule has 31 heavy (non-hydrogen) atoms. The lowest BCUT2D eigenvalue weighted by Crippen LogP contribution is -2.24. The van der Waals surface area contributed by atoms with E-state index in [9.17, 15) is 18.4 Å². The first-order valence-electron chi connectivity index (χ1n) is 9.56. The fourth-order valence-corrected chi connectivity index (χ4v) is 4.17. The zero-order chi connectivity index (χ0) is 22.0. The normalized spacial score (nSPS) is 11.1. The van der Waals surface area contributed by atoms with Crippen LogP contribution in [0, 0.1) is 18.6 Å². The molecule has 4 rings (SSSR count). The predicted octanol–water partition coefficient (Wildman–Crippen LogP) is 3.94. The monoisotopic (exact) mass is 440 g/mol. The van der Waals surface area contributed by atoms with Crippen molar-refractivity contribution >= 4 is 17.1 Å². The van der Waals surface area contributed by atoms with E-state index in [1.807, 2.05) is 30.3 Å². The third-order valence-electron chi connectivity index (χ3n) is 4.81. The van der Waals surface area contributed by atoms with Gasteiger partial charge in [-0.15, -0.1) is 0 Å². The quantitative estimate of drug-likeness (QED) is 0.408. The maximum Gasteiger partial charge on any atom is 0.352 e. The maximum absolute atomic E-state index is 13.9. The van der Waals surface area contributed by atoms with Crippen LogP contribution in [0.5, 0.6) is 0 Å². The summed E-state index contributed by atoms with van der Waals surface area (Å²) in [5.74, 6) is -2.05. The van der Waals surface area contributed by atoms with Crippen LogP contribution in [0.1, 0.15) is 32.9 Å². The molecule has 0 aliphatic carbocycles. The summed E-state index contributed by atoms with van der Waals surface area (Å²) < 4.78 is 29.6. The van der Waals surface area contributed by atoms with E-state index in [0.717, 1.165) is 27.6 Å². The number of aryl methyl sites for hydroxylation is 2. The molecule has 2 aromatic carbocycles. The van der Waals surface area contributed by atoms with E-state index in [4.69, 9.17) is 0 Å². The Labute approximate surface area is 180 Å². The van der Waals surface area contributed by atoms with Crippen LogP contribution in [0.15, 0.2) is 59.7 Å². The van der Waals surface area contributed by atoms with Crippen LogP contribution in [0.3, 0.4) is 0 Å². The molecule has 9 heteroatoms. The number of aromatic nitrogens is 4. The molecule has 2 heterocycles. The van der Waals surface area contributed by atoms with E-state index in [-0.39, 0.29) is 17.9 Å². The van der Waals surface area contributed by atoms with Crippen LogP contribution in [0.2, 0.25) is 0 Å². The van der Waals surface area contributed by atoms with Crippen molar-refractivity contribution in [1.82, 2.24) is 19.3 Å². The highest BCUT2D eigenvalue weighted by molar-refractivity contribution is 7.16.